The van der Waals surface area contributed by atoms with Gasteiger partial charge in [0.1, 0.15) is 12.1 Å². The molecule has 4 nitrogen and oxygen atoms in total. The van der Waals surface area contributed by atoms with Crippen molar-refractivity contribution < 1.29 is 9.90 Å². The molecule has 0 radical (unpaired) electrons. The minimum atomic E-state index is -0.817. The Bertz CT molecular complexity index is 389. The minimum absolute atomic E-state index is 0.165. The lowest BCUT2D eigenvalue weighted by atomic mass is 10.0. The summed E-state index contributed by atoms with van der Waals surface area (Å²) in [5, 5.41) is 16.0. The van der Waals surface area contributed by atoms with Gasteiger partial charge in [0.25, 0.3) is 0 Å². The van der Waals surface area contributed by atoms with Crippen molar-refractivity contribution in [1.82, 2.24) is 10.6 Å². The Balaban J connectivity index is 2.18. The lowest BCUT2D eigenvalue weighted by Gasteiger charge is -2.21. The first-order valence-electron chi connectivity index (χ1n) is 5.32. The van der Waals surface area contributed by atoms with Crippen LogP contribution in [0, 0.1) is 0 Å². The number of amides is 1. The number of aliphatic hydroxyl groups excluding tert-OH is 1. The highest BCUT2D eigenvalue weighted by Gasteiger charge is 2.40. The summed E-state index contributed by atoms with van der Waals surface area (Å²) in [5.41, 5.74) is 0.283. The fourth-order valence-electron chi connectivity index (χ4n) is 1.94. The van der Waals surface area contributed by atoms with E-state index in [1.807, 2.05) is 44.2 Å². The van der Waals surface area contributed by atoms with Gasteiger partial charge in [-0.25, -0.2) is 0 Å². The summed E-state index contributed by atoms with van der Waals surface area (Å²) in [6.45, 7) is 3.73. The Morgan fingerprint density at radius 3 is 2.44 bits per heavy atom. The summed E-state index contributed by atoms with van der Waals surface area (Å²) in [6, 6.07) is 8.60. The molecule has 1 amide bonds. The van der Waals surface area contributed by atoms with Crippen molar-refractivity contribution in [3.05, 3.63) is 35.9 Å². The van der Waals surface area contributed by atoms with Crippen LogP contribution in [0.15, 0.2) is 30.3 Å². The molecule has 1 heterocycles. The molecule has 2 atom stereocenters. The summed E-state index contributed by atoms with van der Waals surface area (Å²) < 4.78 is 0. The van der Waals surface area contributed by atoms with E-state index >= 15 is 0 Å². The molecule has 2 unspecified atom stereocenters. The first-order valence-corrected chi connectivity index (χ1v) is 5.32. The van der Waals surface area contributed by atoms with E-state index in [0.717, 1.165) is 5.56 Å². The second-order valence-electron chi connectivity index (χ2n) is 4.59. The SMILES string of the molecule is CC1(C)NC(=O)C(C(O)c2ccccc2)N1. The van der Waals surface area contributed by atoms with Gasteiger partial charge >= 0.3 is 0 Å². The van der Waals surface area contributed by atoms with E-state index in [0.29, 0.717) is 0 Å². The Labute approximate surface area is 94.7 Å². The van der Waals surface area contributed by atoms with E-state index in [1.165, 1.54) is 0 Å². The van der Waals surface area contributed by atoms with E-state index in [2.05, 4.69) is 10.6 Å². The molecular formula is C12H16N2O2. The van der Waals surface area contributed by atoms with Crippen molar-refractivity contribution in [2.24, 2.45) is 0 Å². The number of carbonyl (C=O) groups is 1. The maximum absolute atomic E-state index is 11.7. The van der Waals surface area contributed by atoms with E-state index in [4.69, 9.17) is 0 Å². The first-order chi connectivity index (χ1) is 7.49. The molecule has 0 aromatic heterocycles. The molecule has 2 rings (SSSR count). The van der Waals surface area contributed by atoms with Crippen LogP contribution in [0.5, 0.6) is 0 Å². The highest BCUT2D eigenvalue weighted by atomic mass is 16.3. The van der Waals surface area contributed by atoms with Crippen LogP contribution < -0.4 is 10.6 Å². The third-order valence-corrected chi connectivity index (χ3v) is 2.69. The van der Waals surface area contributed by atoms with Crippen LogP contribution in [0.4, 0.5) is 0 Å². The van der Waals surface area contributed by atoms with Gasteiger partial charge in [-0.1, -0.05) is 30.3 Å². The van der Waals surface area contributed by atoms with Gasteiger partial charge in [0.2, 0.25) is 5.91 Å². The summed E-state index contributed by atoms with van der Waals surface area (Å²) in [6.07, 6.45) is -0.817. The zero-order valence-corrected chi connectivity index (χ0v) is 9.40. The molecule has 1 saturated heterocycles. The van der Waals surface area contributed by atoms with E-state index < -0.39 is 17.8 Å². The van der Waals surface area contributed by atoms with Crippen LogP contribution in [0.2, 0.25) is 0 Å². The van der Waals surface area contributed by atoms with Crippen molar-refractivity contribution in [2.45, 2.75) is 31.7 Å². The maximum atomic E-state index is 11.7. The molecular weight excluding hydrogens is 204 g/mol. The van der Waals surface area contributed by atoms with Crippen LogP contribution in [0.25, 0.3) is 0 Å². The third kappa shape index (κ3) is 2.08. The number of aliphatic hydroxyl groups is 1. The average Bonchev–Trinajstić information content (AvgIpc) is 2.52. The van der Waals surface area contributed by atoms with Crippen LogP contribution in [0.1, 0.15) is 25.5 Å². The minimum Gasteiger partial charge on any atom is -0.386 e. The standard InChI is InChI=1S/C12H16N2O2/c1-12(2)13-9(11(16)14-12)10(15)8-6-4-3-5-7-8/h3-7,9-10,13,15H,1-2H3,(H,14,16). The van der Waals surface area contributed by atoms with Gasteiger partial charge in [0, 0.05) is 0 Å². The molecule has 0 spiro atoms. The number of nitrogens with one attached hydrogen (secondary N) is 2. The van der Waals surface area contributed by atoms with Gasteiger partial charge < -0.3 is 10.4 Å². The lowest BCUT2D eigenvalue weighted by molar-refractivity contribution is -0.123. The van der Waals surface area contributed by atoms with Crippen molar-refractivity contribution in [3.8, 4) is 0 Å². The van der Waals surface area contributed by atoms with E-state index in [1.54, 1.807) is 0 Å². The molecule has 3 N–H and O–H groups in total. The van der Waals surface area contributed by atoms with E-state index in [9.17, 15) is 9.90 Å². The van der Waals surface area contributed by atoms with Crippen LogP contribution >= 0.6 is 0 Å². The largest absolute Gasteiger partial charge is 0.386 e. The normalized spacial score (nSPS) is 25.2. The number of hydrogen-bond acceptors (Lipinski definition) is 3. The monoisotopic (exact) mass is 220 g/mol. The quantitative estimate of drug-likeness (QED) is 0.682. The predicted molar refractivity (Wildman–Crippen MR) is 60.5 cm³/mol. The Kier molecular flexibility index (Phi) is 2.69. The highest BCUT2D eigenvalue weighted by Crippen LogP contribution is 2.21. The summed E-state index contributed by atoms with van der Waals surface area (Å²) in [7, 11) is 0. The van der Waals surface area contributed by atoms with Gasteiger partial charge in [0.05, 0.1) is 5.66 Å². The molecule has 4 heteroatoms. The molecule has 1 aromatic rings. The van der Waals surface area contributed by atoms with Crippen molar-refractivity contribution >= 4 is 5.91 Å². The lowest BCUT2D eigenvalue weighted by Crippen LogP contribution is -2.45. The van der Waals surface area contributed by atoms with Gasteiger partial charge in [-0.3, -0.25) is 10.1 Å². The van der Waals surface area contributed by atoms with Crippen molar-refractivity contribution in [3.63, 3.8) is 0 Å². The Morgan fingerprint density at radius 2 is 1.94 bits per heavy atom. The fourth-order valence-corrected chi connectivity index (χ4v) is 1.94. The molecule has 16 heavy (non-hydrogen) atoms. The van der Waals surface area contributed by atoms with Gasteiger partial charge in [-0.05, 0) is 19.4 Å². The van der Waals surface area contributed by atoms with Crippen LogP contribution in [-0.4, -0.2) is 22.7 Å². The van der Waals surface area contributed by atoms with Crippen molar-refractivity contribution in [1.29, 1.82) is 0 Å². The second kappa shape index (κ2) is 3.88. The van der Waals surface area contributed by atoms with Gasteiger partial charge in [-0.15, -0.1) is 0 Å². The number of carbonyl (C=O) groups excluding carboxylic acids is 1. The predicted octanol–water partition coefficient (Wildman–Crippen LogP) is 0.544. The fraction of sp³-hybridized carbons (Fsp3) is 0.417. The average molecular weight is 220 g/mol. The number of hydrogen-bond donors (Lipinski definition) is 3. The Morgan fingerprint density at radius 1 is 1.31 bits per heavy atom. The zero-order valence-electron chi connectivity index (χ0n) is 9.40. The zero-order chi connectivity index (χ0) is 11.8. The molecule has 86 valence electrons. The summed E-state index contributed by atoms with van der Waals surface area (Å²) in [5.74, 6) is -0.165. The van der Waals surface area contributed by atoms with E-state index in [-0.39, 0.29) is 5.91 Å². The molecule has 1 fully saturated rings. The topological polar surface area (TPSA) is 61.4 Å². The molecule has 1 aliphatic rings. The van der Waals surface area contributed by atoms with Crippen LogP contribution in [0.3, 0.4) is 0 Å². The van der Waals surface area contributed by atoms with Crippen molar-refractivity contribution in [2.75, 3.05) is 0 Å². The van der Waals surface area contributed by atoms with Crippen LogP contribution in [-0.2, 0) is 4.79 Å². The first kappa shape index (κ1) is 11.1. The highest BCUT2D eigenvalue weighted by molar-refractivity contribution is 5.85. The second-order valence-corrected chi connectivity index (χ2v) is 4.59. The number of benzene rings is 1. The summed E-state index contributed by atoms with van der Waals surface area (Å²) in [4.78, 5) is 11.7. The molecule has 0 saturated carbocycles. The number of rotatable bonds is 2. The van der Waals surface area contributed by atoms with Gasteiger partial charge in [-0.2, -0.15) is 0 Å². The molecule has 1 aromatic carbocycles. The molecule has 0 aliphatic carbocycles. The molecule has 1 aliphatic heterocycles. The Hall–Kier alpha value is -1.39. The molecule has 0 bridgehead atoms. The maximum Gasteiger partial charge on any atom is 0.241 e. The smallest absolute Gasteiger partial charge is 0.241 e. The third-order valence-electron chi connectivity index (χ3n) is 2.69. The summed E-state index contributed by atoms with van der Waals surface area (Å²) >= 11 is 0. The van der Waals surface area contributed by atoms with Gasteiger partial charge in [0.15, 0.2) is 0 Å².